The fourth-order valence-electron chi connectivity index (χ4n) is 2.86. The number of hydrogen-bond donors (Lipinski definition) is 1. The molecule has 0 unspecified atom stereocenters. The van der Waals surface area contributed by atoms with Crippen LogP contribution in [-0.4, -0.2) is 27.2 Å². The van der Waals surface area contributed by atoms with Gasteiger partial charge in [0.15, 0.2) is 5.65 Å². The zero-order valence-electron chi connectivity index (χ0n) is 14.7. The minimum absolute atomic E-state index is 0.0842. The van der Waals surface area contributed by atoms with Crippen molar-refractivity contribution in [2.24, 2.45) is 0 Å². The quantitative estimate of drug-likeness (QED) is 0.776. The summed E-state index contributed by atoms with van der Waals surface area (Å²) < 4.78 is 1.87. The number of carbonyl (C=O) groups is 1. The van der Waals surface area contributed by atoms with Crippen molar-refractivity contribution in [3.05, 3.63) is 33.6 Å². The normalized spacial score (nSPS) is 11.4. The van der Waals surface area contributed by atoms with Crippen molar-refractivity contribution < 1.29 is 4.79 Å². The van der Waals surface area contributed by atoms with Crippen LogP contribution in [0.1, 0.15) is 46.9 Å². The molecule has 0 saturated heterocycles. The first kappa shape index (κ1) is 16.6. The molecule has 0 radical (unpaired) electrons. The van der Waals surface area contributed by atoms with E-state index in [2.05, 4.69) is 44.2 Å². The number of hydrogen-bond acceptors (Lipinski definition) is 4. The third kappa shape index (κ3) is 2.82. The van der Waals surface area contributed by atoms with E-state index in [1.165, 1.54) is 9.75 Å². The Balaban J connectivity index is 2.28. The summed E-state index contributed by atoms with van der Waals surface area (Å²) in [5.74, 6) is -0.0842. The van der Waals surface area contributed by atoms with Gasteiger partial charge in [-0.2, -0.15) is 5.10 Å². The Morgan fingerprint density at radius 1 is 1.33 bits per heavy atom. The third-order valence-corrected chi connectivity index (χ3v) is 4.92. The molecule has 5 nitrogen and oxygen atoms in total. The molecule has 1 amide bonds. The van der Waals surface area contributed by atoms with Crippen molar-refractivity contribution in [1.29, 1.82) is 0 Å². The summed E-state index contributed by atoms with van der Waals surface area (Å²) in [6.45, 7) is 10.8. The van der Waals surface area contributed by atoms with E-state index in [4.69, 9.17) is 4.98 Å². The summed E-state index contributed by atoms with van der Waals surface area (Å²) in [4.78, 5) is 19.8. The number of aryl methyl sites for hydroxylation is 2. The first-order valence-corrected chi connectivity index (χ1v) is 8.97. The Morgan fingerprint density at radius 3 is 2.67 bits per heavy atom. The molecular weight excluding hydrogens is 320 g/mol. The van der Waals surface area contributed by atoms with Crippen LogP contribution in [0.5, 0.6) is 0 Å². The van der Waals surface area contributed by atoms with Gasteiger partial charge in [-0.15, -0.1) is 11.3 Å². The van der Waals surface area contributed by atoms with Gasteiger partial charge >= 0.3 is 0 Å². The summed E-state index contributed by atoms with van der Waals surface area (Å²) in [5.41, 5.74) is 3.30. The number of rotatable bonds is 4. The predicted molar refractivity (Wildman–Crippen MR) is 98.7 cm³/mol. The molecule has 6 heteroatoms. The van der Waals surface area contributed by atoms with Crippen LogP contribution >= 0.6 is 11.3 Å². The summed E-state index contributed by atoms with van der Waals surface area (Å²) in [6.07, 6.45) is 1.74. The highest BCUT2D eigenvalue weighted by molar-refractivity contribution is 7.12. The lowest BCUT2D eigenvalue weighted by Gasteiger charge is -2.10. The number of nitrogens with zero attached hydrogens (tertiary/aromatic N) is 3. The number of thiophene rings is 1. The van der Waals surface area contributed by atoms with Gasteiger partial charge in [0.05, 0.1) is 22.8 Å². The largest absolute Gasteiger partial charge is 0.352 e. The van der Waals surface area contributed by atoms with Crippen LogP contribution < -0.4 is 5.32 Å². The van der Waals surface area contributed by atoms with E-state index in [9.17, 15) is 4.79 Å². The molecular formula is C18H22N4OS. The van der Waals surface area contributed by atoms with Crippen LogP contribution in [0.25, 0.3) is 22.3 Å². The maximum Gasteiger partial charge on any atom is 0.252 e. The minimum Gasteiger partial charge on any atom is -0.352 e. The molecule has 0 atom stereocenters. The lowest BCUT2D eigenvalue weighted by molar-refractivity contribution is 0.0957. The molecule has 0 saturated carbocycles. The predicted octanol–water partition coefficient (Wildman–Crippen LogP) is 4.11. The Kier molecular flexibility index (Phi) is 4.41. The minimum atomic E-state index is -0.0842. The summed E-state index contributed by atoms with van der Waals surface area (Å²) in [7, 11) is 0. The van der Waals surface area contributed by atoms with Gasteiger partial charge in [-0.25, -0.2) is 9.67 Å². The van der Waals surface area contributed by atoms with Crippen molar-refractivity contribution >= 4 is 28.3 Å². The van der Waals surface area contributed by atoms with Crippen LogP contribution in [0, 0.1) is 13.8 Å². The Hall–Kier alpha value is -2.21. The fraction of sp³-hybridized carbons (Fsp3) is 0.389. The highest BCUT2D eigenvalue weighted by Gasteiger charge is 2.19. The molecule has 1 N–H and O–H groups in total. The van der Waals surface area contributed by atoms with Crippen molar-refractivity contribution in [2.45, 2.75) is 40.7 Å². The zero-order chi connectivity index (χ0) is 17.4. The van der Waals surface area contributed by atoms with Gasteiger partial charge in [0.2, 0.25) is 0 Å². The van der Waals surface area contributed by atoms with Gasteiger partial charge in [-0.05, 0) is 46.8 Å². The fourth-order valence-corrected chi connectivity index (χ4v) is 3.80. The third-order valence-electron chi connectivity index (χ3n) is 3.95. The van der Waals surface area contributed by atoms with Gasteiger partial charge in [0, 0.05) is 27.9 Å². The summed E-state index contributed by atoms with van der Waals surface area (Å²) in [5, 5.41) is 8.12. The van der Waals surface area contributed by atoms with Crippen LogP contribution in [0.4, 0.5) is 0 Å². The second kappa shape index (κ2) is 6.36. The van der Waals surface area contributed by atoms with Crippen molar-refractivity contribution in [1.82, 2.24) is 20.1 Å². The Bertz CT molecular complexity index is 907. The van der Waals surface area contributed by atoms with Gasteiger partial charge in [0.25, 0.3) is 5.91 Å². The number of aromatic nitrogens is 3. The van der Waals surface area contributed by atoms with E-state index < -0.39 is 0 Å². The molecule has 0 aliphatic carbocycles. The van der Waals surface area contributed by atoms with Crippen molar-refractivity contribution in [2.75, 3.05) is 6.54 Å². The Morgan fingerprint density at radius 2 is 2.08 bits per heavy atom. The molecule has 0 aliphatic heterocycles. The first-order chi connectivity index (χ1) is 11.4. The molecule has 0 fully saturated rings. The molecule has 3 aromatic heterocycles. The van der Waals surface area contributed by atoms with E-state index in [0.29, 0.717) is 12.1 Å². The molecule has 3 heterocycles. The van der Waals surface area contributed by atoms with E-state index >= 15 is 0 Å². The zero-order valence-corrected chi connectivity index (χ0v) is 15.5. The van der Waals surface area contributed by atoms with Gasteiger partial charge in [-0.3, -0.25) is 4.79 Å². The van der Waals surface area contributed by atoms with Crippen LogP contribution in [0.15, 0.2) is 18.3 Å². The van der Waals surface area contributed by atoms with Gasteiger partial charge in [0.1, 0.15) is 0 Å². The second-order valence-electron chi connectivity index (χ2n) is 6.16. The molecule has 24 heavy (non-hydrogen) atoms. The number of carbonyl (C=O) groups excluding carboxylic acids is 1. The molecule has 3 rings (SSSR count). The number of pyridine rings is 1. The van der Waals surface area contributed by atoms with E-state index in [1.807, 2.05) is 17.7 Å². The van der Waals surface area contributed by atoms with Crippen LogP contribution in [0.3, 0.4) is 0 Å². The average Bonchev–Trinajstić information content (AvgIpc) is 3.09. The topological polar surface area (TPSA) is 59.8 Å². The van der Waals surface area contributed by atoms with E-state index in [1.54, 1.807) is 17.5 Å². The highest BCUT2D eigenvalue weighted by Crippen LogP contribution is 2.32. The molecule has 0 bridgehead atoms. The van der Waals surface area contributed by atoms with Crippen LogP contribution in [-0.2, 0) is 0 Å². The van der Waals surface area contributed by atoms with E-state index in [0.717, 1.165) is 22.3 Å². The number of amides is 1. The van der Waals surface area contributed by atoms with Crippen molar-refractivity contribution in [3.63, 3.8) is 0 Å². The molecule has 3 aromatic rings. The highest BCUT2D eigenvalue weighted by atomic mass is 32.1. The SMILES string of the molecule is CCNC(=O)c1cc(-c2cc(C)sc2C)nc2c1cnn2C(C)C. The smallest absolute Gasteiger partial charge is 0.252 e. The summed E-state index contributed by atoms with van der Waals surface area (Å²) >= 11 is 1.74. The maximum atomic E-state index is 12.5. The van der Waals surface area contributed by atoms with Gasteiger partial charge < -0.3 is 5.32 Å². The molecule has 0 spiro atoms. The Labute approximate surface area is 145 Å². The average molecular weight is 342 g/mol. The second-order valence-corrected chi connectivity index (χ2v) is 7.62. The van der Waals surface area contributed by atoms with Crippen LogP contribution in [0.2, 0.25) is 0 Å². The van der Waals surface area contributed by atoms with Gasteiger partial charge in [-0.1, -0.05) is 0 Å². The maximum absolute atomic E-state index is 12.5. The molecule has 126 valence electrons. The van der Waals surface area contributed by atoms with Crippen molar-refractivity contribution in [3.8, 4) is 11.3 Å². The number of fused-ring (bicyclic) bond motifs is 1. The first-order valence-electron chi connectivity index (χ1n) is 8.16. The van der Waals surface area contributed by atoms with E-state index in [-0.39, 0.29) is 11.9 Å². The molecule has 0 aliphatic rings. The standard InChI is InChI=1S/C18H22N4OS/c1-6-19-18(23)14-8-16(13-7-11(4)24-12(13)5)21-17-15(14)9-20-22(17)10(2)3/h7-10H,6H2,1-5H3,(H,19,23). The lowest BCUT2D eigenvalue weighted by Crippen LogP contribution is -2.23. The summed E-state index contributed by atoms with van der Waals surface area (Å²) in [6, 6.07) is 4.19. The lowest BCUT2D eigenvalue weighted by atomic mass is 10.1. The molecule has 0 aromatic carbocycles. The monoisotopic (exact) mass is 342 g/mol. The number of nitrogens with one attached hydrogen (secondary N) is 1.